The molecule has 1 aromatic heterocycles. The highest BCUT2D eigenvalue weighted by molar-refractivity contribution is 5.77. The minimum absolute atomic E-state index is 0.0575. The molecule has 0 aliphatic carbocycles. The maximum atomic E-state index is 13.4. The molecule has 0 spiro atoms. The third kappa shape index (κ3) is 3.08. The van der Waals surface area contributed by atoms with E-state index in [1.54, 1.807) is 19.2 Å². The zero-order valence-electron chi connectivity index (χ0n) is 10.7. The number of hydrogen-bond donors (Lipinski definition) is 2. The molecule has 1 aromatic carbocycles. The van der Waals surface area contributed by atoms with Gasteiger partial charge in [0.15, 0.2) is 5.82 Å². The van der Waals surface area contributed by atoms with Gasteiger partial charge in [-0.15, -0.1) is 0 Å². The van der Waals surface area contributed by atoms with Crippen molar-refractivity contribution in [3.8, 4) is 0 Å². The number of carbonyl (C=O) groups excluding carboxylic acids is 1. The maximum absolute atomic E-state index is 13.4. The smallest absolute Gasteiger partial charge is 0.222 e. The highest BCUT2D eigenvalue weighted by atomic mass is 19.1. The zero-order valence-corrected chi connectivity index (χ0v) is 10.7. The normalized spacial score (nSPS) is 10.9. The average Bonchev–Trinajstić information content (AvgIpc) is 2.80. The van der Waals surface area contributed by atoms with Crippen LogP contribution in [0, 0.1) is 5.82 Å². The van der Waals surface area contributed by atoms with Gasteiger partial charge in [0.2, 0.25) is 5.91 Å². The number of imidazole rings is 1. The second kappa shape index (κ2) is 5.79. The number of para-hydroxylation sites is 1. The SMILES string of the molecule is CN(CCO)C(=O)CCc1nc2c(F)cccc2[nH]1. The lowest BCUT2D eigenvalue weighted by molar-refractivity contribution is -0.130. The van der Waals surface area contributed by atoms with Gasteiger partial charge in [0.05, 0.1) is 12.1 Å². The highest BCUT2D eigenvalue weighted by Crippen LogP contribution is 2.15. The Balaban J connectivity index is 2.02. The molecule has 2 aromatic rings. The van der Waals surface area contributed by atoms with Crippen LogP contribution in [0.4, 0.5) is 4.39 Å². The molecule has 1 heterocycles. The first-order chi connectivity index (χ1) is 9.11. The molecule has 2 rings (SSSR count). The summed E-state index contributed by atoms with van der Waals surface area (Å²) < 4.78 is 13.4. The molecule has 0 bridgehead atoms. The minimum atomic E-state index is -0.372. The second-order valence-corrected chi connectivity index (χ2v) is 4.36. The van der Waals surface area contributed by atoms with Gasteiger partial charge in [-0.3, -0.25) is 4.79 Å². The Labute approximate surface area is 110 Å². The molecule has 102 valence electrons. The van der Waals surface area contributed by atoms with Crippen LogP contribution in [0.5, 0.6) is 0 Å². The number of aromatic amines is 1. The number of amides is 1. The number of halogens is 1. The number of hydrogen-bond acceptors (Lipinski definition) is 3. The first-order valence-corrected chi connectivity index (χ1v) is 6.09. The lowest BCUT2D eigenvalue weighted by Gasteiger charge is -2.14. The van der Waals surface area contributed by atoms with Gasteiger partial charge in [0, 0.05) is 26.4 Å². The highest BCUT2D eigenvalue weighted by Gasteiger charge is 2.11. The fourth-order valence-electron chi connectivity index (χ4n) is 1.86. The monoisotopic (exact) mass is 265 g/mol. The summed E-state index contributed by atoms with van der Waals surface area (Å²) in [6, 6.07) is 4.71. The molecular weight excluding hydrogens is 249 g/mol. The summed E-state index contributed by atoms with van der Waals surface area (Å²) in [4.78, 5) is 20.3. The average molecular weight is 265 g/mol. The van der Waals surface area contributed by atoms with Gasteiger partial charge in [0.1, 0.15) is 11.3 Å². The third-order valence-electron chi connectivity index (χ3n) is 2.95. The van der Waals surface area contributed by atoms with E-state index in [-0.39, 0.29) is 24.8 Å². The van der Waals surface area contributed by atoms with E-state index in [0.717, 1.165) is 0 Å². The van der Waals surface area contributed by atoms with Crippen molar-refractivity contribution in [2.75, 3.05) is 20.2 Å². The number of aromatic nitrogens is 2. The predicted molar refractivity (Wildman–Crippen MR) is 69.1 cm³/mol. The Morgan fingerprint density at radius 2 is 2.32 bits per heavy atom. The van der Waals surface area contributed by atoms with Gasteiger partial charge in [-0.2, -0.15) is 0 Å². The van der Waals surface area contributed by atoms with Crippen LogP contribution < -0.4 is 0 Å². The van der Waals surface area contributed by atoms with Crippen LogP contribution in [0.25, 0.3) is 11.0 Å². The topological polar surface area (TPSA) is 69.2 Å². The van der Waals surface area contributed by atoms with Gasteiger partial charge >= 0.3 is 0 Å². The lowest BCUT2D eigenvalue weighted by atomic mass is 10.2. The number of benzene rings is 1. The number of nitrogens with one attached hydrogen (secondary N) is 1. The van der Waals surface area contributed by atoms with Gasteiger partial charge in [-0.25, -0.2) is 9.37 Å². The van der Waals surface area contributed by atoms with Crippen molar-refractivity contribution in [3.05, 3.63) is 29.8 Å². The van der Waals surface area contributed by atoms with Crippen LogP contribution in [0.3, 0.4) is 0 Å². The number of carbonyl (C=O) groups is 1. The van der Waals surface area contributed by atoms with E-state index >= 15 is 0 Å². The van der Waals surface area contributed by atoms with Crippen molar-refractivity contribution in [2.45, 2.75) is 12.8 Å². The minimum Gasteiger partial charge on any atom is -0.395 e. The van der Waals surface area contributed by atoms with Gasteiger partial charge < -0.3 is 15.0 Å². The van der Waals surface area contributed by atoms with Crippen molar-refractivity contribution in [1.29, 1.82) is 0 Å². The van der Waals surface area contributed by atoms with E-state index in [0.29, 0.717) is 29.8 Å². The van der Waals surface area contributed by atoms with Crippen molar-refractivity contribution < 1.29 is 14.3 Å². The molecule has 6 heteroatoms. The van der Waals surface area contributed by atoms with E-state index in [9.17, 15) is 9.18 Å². The lowest BCUT2D eigenvalue weighted by Crippen LogP contribution is -2.29. The third-order valence-corrected chi connectivity index (χ3v) is 2.95. The molecule has 0 unspecified atom stereocenters. The number of rotatable bonds is 5. The molecule has 0 radical (unpaired) electrons. The second-order valence-electron chi connectivity index (χ2n) is 4.36. The molecule has 0 aliphatic heterocycles. The first-order valence-electron chi connectivity index (χ1n) is 6.09. The van der Waals surface area contributed by atoms with Crippen LogP contribution >= 0.6 is 0 Å². The molecule has 0 aliphatic rings. The fraction of sp³-hybridized carbons (Fsp3) is 0.385. The molecule has 2 N–H and O–H groups in total. The van der Waals surface area contributed by atoms with Crippen LogP contribution in [0.2, 0.25) is 0 Å². The molecular formula is C13H16FN3O2. The number of aryl methyl sites for hydroxylation is 1. The molecule has 0 fully saturated rings. The molecule has 19 heavy (non-hydrogen) atoms. The largest absolute Gasteiger partial charge is 0.395 e. The Hall–Kier alpha value is -1.95. The van der Waals surface area contributed by atoms with Crippen molar-refractivity contribution in [1.82, 2.24) is 14.9 Å². The number of H-pyrrole nitrogens is 1. The van der Waals surface area contributed by atoms with E-state index in [1.165, 1.54) is 11.0 Å². The molecule has 0 saturated carbocycles. The van der Waals surface area contributed by atoms with Gasteiger partial charge in [-0.1, -0.05) is 6.07 Å². The number of aliphatic hydroxyl groups excluding tert-OH is 1. The number of likely N-dealkylation sites (N-methyl/N-ethyl adjacent to an activating group) is 1. The Morgan fingerprint density at radius 3 is 3.00 bits per heavy atom. The zero-order chi connectivity index (χ0) is 13.8. The molecule has 0 saturated heterocycles. The Bertz CT molecular complexity index is 582. The molecule has 0 atom stereocenters. The van der Waals surface area contributed by atoms with Crippen LogP contribution in [-0.4, -0.2) is 46.1 Å². The van der Waals surface area contributed by atoms with Gasteiger partial charge in [0.25, 0.3) is 0 Å². The number of aliphatic hydroxyl groups is 1. The van der Waals surface area contributed by atoms with Crippen LogP contribution in [-0.2, 0) is 11.2 Å². The van der Waals surface area contributed by atoms with Crippen molar-refractivity contribution in [2.24, 2.45) is 0 Å². The van der Waals surface area contributed by atoms with Crippen LogP contribution in [0.1, 0.15) is 12.2 Å². The van der Waals surface area contributed by atoms with E-state index in [4.69, 9.17) is 5.11 Å². The summed E-state index contributed by atoms with van der Waals surface area (Å²) in [6.07, 6.45) is 0.695. The number of fused-ring (bicyclic) bond motifs is 1. The maximum Gasteiger partial charge on any atom is 0.222 e. The molecule has 5 nitrogen and oxygen atoms in total. The van der Waals surface area contributed by atoms with E-state index in [2.05, 4.69) is 9.97 Å². The van der Waals surface area contributed by atoms with Crippen molar-refractivity contribution in [3.63, 3.8) is 0 Å². The summed E-state index contributed by atoms with van der Waals surface area (Å²) in [7, 11) is 1.64. The fourth-order valence-corrected chi connectivity index (χ4v) is 1.86. The summed E-state index contributed by atoms with van der Waals surface area (Å²) in [5, 5.41) is 8.74. The summed E-state index contributed by atoms with van der Waals surface area (Å²) in [5.41, 5.74) is 0.930. The first kappa shape index (κ1) is 13.5. The van der Waals surface area contributed by atoms with E-state index < -0.39 is 0 Å². The van der Waals surface area contributed by atoms with E-state index in [1.807, 2.05) is 0 Å². The standard InChI is InChI=1S/C13H16FN3O2/c1-17(7-8-18)12(19)6-5-11-15-10-4-2-3-9(14)13(10)16-11/h2-4,18H,5-8H2,1H3,(H,15,16). The van der Waals surface area contributed by atoms with Crippen LogP contribution in [0.15, 0.2) is 18.2 Å². The summed E-state index contributed by atoms with van der Waals surface area (Å²) in [5.74, 6) is 0.143. The summed E-state index contributed by atoms with van der Waals surface area (Å²) >= 11 is 0. The predicted octanol–water partition coefficient (Wildman–Crippen LogP) is 1.09. The van der Waals surface area contributed by atoms with Crippen molar-refractivity contribution >= 4 is 16.9 Å². The Kier molecular flexibility index (Phi) is 4.11. The van der Waals surface area contributed by atoms with Gasteiger partial charge in [-0.05, 0) is 12.1 Å². The number of nitrogens with zero attached hydrogens (tertiary/aromatic N) is 2. The summed E-state index contributed by atoms with van der Waals surface area (Å²) in [6.45, 7) is 0.256. The molecule has 1 amide bonds. The quantitative estimate of drug-likeness (QED) is 0.850. The Morgan fingerprint density at radius 1 is 1.53 bits per heavy atom.